The summed E-state index contributed by atoms with van der Waals surface area (Å²) in [4.78, 5) is 25.9. The lowest BCUT2D eigenvalue weighted by molar-refractivity contribution is -0.883. The number of benzene rings is 2. The number of ether oxygens (including phenoxy) is 2. The van der Waals surface area contributed by atoms with Gasteiger partial charge in [-0.25, -0.2) is 0 Å². The molecule has 0 saturated heterocycles. The smallest absolute Gasteiger partial charge is 0.279 e. The second-order valence-electron chi connectivity index (χ2n) is 6.49. The number of anilines is 2. The fourth-order valence-corrected chi connectivity index (χ4v) is 3.13. The number of carbonyl (C=O) groups is 2. The third-order valence-electron chi connectivity index (χ3n) is 4.24. The van der Waals surface area contributed by atoms with Crippen LogP contribution in [0, 0.1) is 0 Å². The fourth-order valence-electron chi connectivity index (χ4n) is 2.96. The van der Waals surface area contributed by atoms with Crippen LogP contribution in [0.25, 0.3) is 0 Å². The van der Waals surface area contributed by atoms with Crippen LogP contribution in [-0.4, -0.2) is 45.7 Å². The standard InChI is InChI=1S/C21H26ClN3O4/c1-4-11-25(13-20(26)23-16-7-5-6-8-18(16)28-2)14-21(27)24-17-12-15(22)9-10-19(17)29-3/h5-10,12H,4,11,13-14H2,1-3H3,(H,23,26)(H,24,27)/p+1. The number of nitrogens with one attached hydrogen (secondary N) is 3. The summed E-state index contributed by atoms with van der Waals surface area (Å²) in [5.74, 6) is 0.697. The molecule has 156 valence electrons. The van der Waals surface area contributed by atoms with E-state index in [-0.39, 0.29) is 24.9 Å². The normalized spacial score (nSPS) is 11.4. The summed E-state index contributed by atoms with van der Waals surface area (Å²) in [5, 5.41) is 6.15. The third kappa shape index (κ3) is 6.96. The summed E-state index contributed by atoms with van der Waals surface area (Å²) in [5.41, 5.74) is 1.10. The molecule has 7 nitrogen and oxygen atoms in total. The lowest BCUT2D eigenvalue weighted by atomic mass is 10.2. The number of hydrogen-bond acceptors (Lipinski definition) is 4. The highest BCUT2D eigenvalue weighted by molar-refractivity contribution is 6.31. The van der Waals surface area contributed by atoms with Crippen molar-refractivity contribution in [2.45, 2.75) is 13.3 Å². The quantitative estimate of drug-likeness (QED) is 0.550. The van der Waals surface area contributed by atoms with Crippen LogP contribution in [0.5, 0.6) is 11.5 Å². The van der Waals surface area contributed by atoms with E-state index < -0.39 is 0 Å². The first kappa shape index (κ1) is 22.5. The maximum Gasteiger partial charge on any atom is 0.279 e. The fraction of sp³-hybridized carbons (Fsp3) is 0.333. The molecule has 2 aromatic rings. The first-order chi connectivity index (χ1) is 14.0. The second-order valence-corrected chi connectivity index (χ2v) is 6.93. The molecule has 0 aliphatic rings. The van der Waals surface area contributed by atoms with Gasteiger partial charge in [-0.05, 0) is 36.8 Å². The number of quaternary nitrogens is 1. The van der Waals surface area contributed by atoms with Crippen molar-refractivity contribution in [3.05, 3.63) is 47.5 Å². The largest absolute Gasteiger partial charge is 0.495 e. The van der Waals surface area contributed by atoms with Crippen molar-refractivity contribution in [3.63, 3.8) is 0 Å². The second kappa shape index (κ2) is 11.3. The maximum atomic E-state index is 12.5. The Balaban J connectivity index is 1.99. The summed E-state index contributed by atoms with van der Waals surface area (Å²) < 4.78 is 10.5. The van der Waals surface area contributed by atoms with Crippen LogP contribution in [0.3, 0.4) is 0 Å². The number of para-hydroxylation sites is 2. The van der Waals surface area contributed by atoms with Gasteiger partial charge in [0.15, 0.2) is 13.1 Å². The number of hydrogen-bond donors (Lipinski definition) is 3. The van der Waals surface area contributed by atoms with Crippen LogP contribution < -0.4 is 25.0 Å². The van der Waals surface area contributed by atoms with E-state index in [1.807, 2.05) is 19.1 Å². The summed E-state index contributed by atoms with van der Waals surface area (Å²) in [6, 6.07) is 12.2. The van der Waals surface area contributed by atoms with Gasteiger partial charge in [0.05, 0.1) is 32.1 Å². The Labute approximate surface area is 175 Å². The Kier molecular flexibility index (Phi) is 8.76. The highest BCUT2D eigenvalue weighted by Gasteiger charge is 2.19. The molecule has 29 heavy (non-hydrogen) atoms. The molecule has 0 bridgehead atoms. The van der Waals surface area contributed by atoms with Crippen LogP contribution in [0.4, 0.5) is 11.4 Å². The summed E-state index contributed by atoms with van der Waals surface area (Å²) in [6.45, 7) is 2.99. The molecule has 0 aromatic heterocycles. The van der Waals surface area contributed by atoms with Crippen molar-refractivity contribution in [3.8, 4) is 11.5 Å². The van der Waals surface area contributed by atoms with Gasteiger partial charge < -0.3 is 25.0 Å². The van der Waals surface area contributed by atoms with Gasteiger partial charge >= 0.3 is 0 Å². The monoisotopic (exact) mass is 420 g/mol. The van der Waals surface area contributed by atoms with Crippen molar-refractivity contribution in [2.24, 2.45) is 0 Å². The molecule has 2 rings (SSSR count). The lowest BCUT2D eigenvalue weighted by Gasteiger charge is -2.19. The van der Waals surface area contributed by atoms with Gasteiger partial charge in [0.2, 0.25) is 0 Å². The van der Waals surface area contributed by atoms with Gasteiger partial charge in [-0.15, -0.1) is 0 Å². The molecule has 8 heteroatoms. The molecule has 2 aromatic carbocycles. The SMILES string of the molecule is CCC[NH+](CC(=O)Nc1ccccc1OC)CC(=O)Nc1cc(Cl)ccc1OC. The topological polar surface area (TPSA) is 81.1 Å². The molecule has 0 radical (unpaired) electrons. The third-order valence-corrected chi connectivity index (χ3v) is 4.48. The van der Waals surface area contributed by atoms with Crippen molar-refractivity contribution in [1.82, 2.24) is 0 Å². The minimum absolute atomic E-state index is 0.142. The molecular formula is C21H27ClN3O4+. The number of rotatable bonds is 10. The summed E-state index contributed by atoms with van der Waals surface area (Å²) in [7, 11) is 3.07. The Morgan fingerprint density at radius 3 is 2.14 bits per heavy atom. The van der Waals surface area contributed by atoms with E-state index in [9.17, 15) is 9.59 Å². The molecule has 2 amide bonds. The van der Waals surface area contributed by atoms with E-state index in [1.165, 1.54) is 7.11 Å². The zero-order valence-corrected chi connectivity index (χ0v) is 17.6. The Morgan fingerprint density at radius 2 is 1.52 bits per heavy atom. The van der Waals surface area contributed by atoms with Crippen molar-refractivity contribution < 1.29 is 24.0 Å². The molecule has 1 atom stereocenters. The van der Waals surface area contributed by atoms with Gasteiger partial charge in [-0.3, -0.25) is 9.59 Å². The van der Waals surface area contributed by atoms with E-state index >= 15 is 0 Å². The summed E-state index contributed by atoms with van der Waals surface area (Å²) in [6.07, 6.45) is 0.838. The van der Waals surface area contributed by atoms with Crippen LogP contribution in [0.2, 0.25) is 5.02 Å². The van der Waals surface area contributed by atoms with E-state index in [2.05, 4.69) is 10.6 Å². The van der Waals surface area contributed by atoms with E-state index in [1.54, 1.807) is 37.4 Å². The van der Waals surface area contributed by atoms with Crippen molar-refractivity contribution in [2.75, 3.05) is 44.5 Å². The van der Waals surface area contributed by atoms with Crippen molar-refractivity contribution >= 4 is 34.8 Å². The van der Waals surface area contributed by atoms with E-state index in [4.69, 9.17) is 21.1 Å². The van der Waals surface area contributed by atoms with Gasteiger partial charge in [0.1, 0.15) is 11.5 Å². The highest BCUT2D eigenvalue weighted by atomic mass is 35.5. The lowest BCUT2D eigenvalue weighted by Crippen LogP contribution is -3.14. The van der Waals surface area contributed by atoms with Crippen LogP contribution in [0.1, 0.15) is 13.3 Å². The zero-order chi connectivity index (χ0) is 21.2. The van der Waals surface area contributed by atoms with Crippen LogP contribution in [-0.2, 0) is 9.59 Å². The maximum absolute atomic E-state index is 12.5. The molecule has 1 unspecified atom stereocenters. The molecule has 0 fully saturated rings. The molecule has 0 spiro atoms. The van der Waals surface area contributed by atoms with Gasteiger partial charge in [0.25, 0.3) is 11.8 Å². The zero-order valence-electron chi connectivity index (χ0n) is 16.9. The first-order valence-electron chi connectivity index (χ1n) is 9.36. The number of carbonyl (C=O) groups excluding carboxylic acids is 2. The predicted octanol–water partition coefficient (Wildman–Crippen LogP) is 2.23. The van der Waals surface area contributed by atoms with Crippen LogP contribution >= 0.6 is 11.6 Å². The van der Waals surface area contributed by atoms with Crippen molar-refractivity contribution in [1.29, 1.82) is 0 Å². The Bertz CT molecular complexity index is 844. The minimum Gasteiger partial charge on any atom is -0.495 e. The van der Waals surface area contributed by atoms with Gasteiger partial charge in [0, 0.05) is 5.02 Å². The Hall–Kier alpha value is -2.77. The number of halogens is 1. The van der Waals surface area contributed by atoms with E-state index in [0.717, 1.165) is 11.3 Å². The molecule has 0 saturated carbocycles. The number of methoxy groups -OCH3 is 2. The predicted molar refractivity (Wildman–Crippen MR) is 114 cm³/mol. The Morgan fingerprint density at radius 1 is 0.931 bits per heavy atom. The highest BCUT2D eigenvalue weighted by Crippen LogP contribution is 2.27. The molecule has 0 aliphatic carbocycles. The van der Waals surface area contributed by atoms with Gasteiger partial charge in [-0.2, -0.15) is 0 Å². The molecule has 0 heterocycles. The average Bonchev–Trinajstić information content (AvgIpc) is 2.68. The first-order valence-corrected chi connectivity index (χ1v) is 9.74. The van der Waals surface area contributed by atoms with E-state index in [0.29, 0.717) is 34.4 Å². The van der Waals surface area contributed by atoms with Crippen LogP contribution in [0.15, 0.2) is 42.5 Å². The average molecular weight is 421 g/mol. The molecule has 0 aliphatic heterocycles. The minimum atomic E-state index is -0.223. The summed E-state index contributed by atoms with van der Waals surface area (Å²) >= 11 is 6.01. The molecular weight excluding hydrogens is 394 g/mol. The van der Waals surface area contributed by atoms with Gasteiger partial charge in [-0.1, -0.05) is 30.7 Å². The molecule has 3 N–H and O–H groups in total. The number of amides is 2.